The van der Waals surface area contributed by atoms with Gasteiger partial charge in [0.15, 0.2) is 0 Å². The standard InChI is InChI=1S/C10H20O.C3H10NO4P/c1-7(2)9-5-4-8(3)6-10(9)11;4-2-1-3-8-9(5,6)7/h7-11H,4-6H2,1-3H3;1-4H2,(H2,5,6,7). The molecule has 1 aliphatic rings. The fraction of sp³-hybridized carbons (Fsp3) is 1.00. The lowest BCUT2D eigenvalue weighted by Crippen LogP contribution is -2.31. The van der Waals surface area contributed by atoms with Gasteiger partial charge in [-0.25, -0.2) is 4.57 Å². The molecule has 1 rings (SSSR count). The zero-order valence-corrected chi connectivity index (χ0v) is 13.6. The predicted molar refractivity (Wildman–Crippen MR) is 79.0 cm³/mol. The summed E-state index contributed by atoms with van der Waals surface area (Å²) in [5.74, 6) is 1.95. The van der Waals surface area contributed by atoms with Crippen molar-refractivity contribution in [3.8, 4) is 0 Å². The van der Waals surface area contributed by atoms with Gasteiger partial charge < -0.3 is 20.6 Å². The van der Waals surface area contributed by atoms with Gasteiger partial charge in [0.1, 0.15) is 0 Å². The Morgan fingerprint density at radius 2 is 1.95 bits per heavy atom. The van der Waals surface area contributed by atoms with E-state index in [1.54, 1.807) is 0 Å². The van der Waals surface area contributed by atoms with Crippen molar-refractivity contribution in [3.05, 3.63) is 0 Å². The molecule has 0 heterocycles. The summed E-state index contributed by atoms with van der Waals surface area (Å²) >= 11 is 0. The summed E-state index contributed by atoms with van der Waals surface area (Å²) < 4.78 is 14.0. The number of rotatable bonds is 5. The van der Waals surface area contributed by atoms with Crippen LogP contribution in [0.15, 0.2) is 0 Å². The van der Waals surface area contributed by atoms with E-state index in [1.165, 1.54) is 12.8 Å². The van der Waals surface area contributed by atoms with Crippen molar-refractivity contribution in [1.29, 1.82) is 0 Å². The number of aliphatic hydroxyl groups is 1. The van der Waals surface area contributed by atoms with Crippen molar-refractivity contribution < 1.29 is 24.0 Å². The Morgan fingerprint density at radius 1 is 1.35 bits per heavy atom. The molecule has 20 heavy (non-hydrogen) atoms. The van der Waals surface area contributed by atoms with Crippen LogP contribution in [0.2, 0.25) is 0 Å². The van der Waals surface area contributed by atoms with Crippen LogP contribution in [0.4, 0.5) is 0 Å². The Bertz CT molecular complexity index is 294. The predicted octanol–water partition coefficient (Wildman–Crippen LogP) is 1.88. The van der Waals surface area contributed by atoms with Gasteiger partial charge in [0.25, 0.3) is 0 Å². The van der Waals surface area contributed by atoms with Crippen LogP contribution < -0.4 is 5.73 Å². The summed E-state index contributed by atoms with van der Waals surface area (Å²) in [5.41, 5.74) is 5.02. The second kappa shape index (κ2) is 9.87. The maximum atomic E-state index is 9.94. The Morgan fingerprint density at radius 3 is 2.35 bits per heavy atom. The Hall–Kier alpha value is 0.0300. The zero-order chi connectivity index (χ0) is 15.8. The maximum Gasteiger partial charge on any atom is 0.469 e. The summed E-state index contributed by atoms with van der Waals surface area (Å²) in [6, 6.07) is 0. The third-order valence-electron chi connectivity index (χ3n) is 3.60. The molecule has 1 saturated carbocycles. The highest BCUT2D eigenvalue weighted by Crippen LogP contribution is 2.35. The molecule has 5 N–H and O–H groups in total. The van der Waals surface area contributed by atoms with Crippen LogP contribution in [0.3, 0.4) is 0 Å². The number of hydrogen-bond donors (Lipinski definition) is 4. The molecule has 0 aromatic rings. The molecule has 122 valence electrons. The van der Waals surface area contributed by atoms with Crippen molar-refractivity contribution in [1.82, 2.24) is 0 Å². The average molecular weight is 311 g/mol. The minimum absolute atomic E-state index is 0.0147. The first-order valence-electron chi connectivity index (χ1n) is 7.25. The summed E-state index contributed by atoms with van der Waals surface area (Å²) in [6.07, 6.45) is 3.98. The molecule has 0 radical (unpaired) electrons. The summed E-state index contributed by atoms with van der Waals surface area (Å²) in [5, 5.41) is 9.71. The van der Waals surface area contributed by atoms with E-state index in [9.17, 15) is 9.67 Å². The second-order valence-electron chi connectivity index (χ2n) is 5.86. The van der Waals surface area contributed by atoms with E-state index < -0.39 is 7.82 Å². The average Bonchev–Trinajstić information content (AvgIpc) is 2.27. The molecule has 3 unspecified atom stereocenters. The molecule has 1 fully saturated rings. The van der Waals surface area contributed by atoms with Gasteiger partial charge in [0.2, 0.25) is 0 Å². The fourth-order valence-corrected chi connectivity index (χ4v) is 2.79. The van der Waals surface area contributed by atoms with E-state index in [0.29, 0.717) is 24.8 Å². The third-order valence-corrected chi connectivity index (χ3v) is 4.11. The van der Waals surface area contributed by atoms with Crippen LogP contribution in [-0.4, -0.2) is 34.1 Å². The van der Waals surface area contributed by atoms with Crippen LogP contribution in [-0.2, 0) is 9.09 Å². The van der Waals surface area contributed by atoms with Crippen molar-refractivity contribution in [2.75, 3.05) is 13.2 Å². The fourth-order valence-electron chi connectivity index (χ4n) is 2.42. The highest BCUT2D eigenvalue weighted by molar-refractivity contribution is 7.46. The van der Waals surface area contributed by atoms with Gasteiger partial charge in [-0.1, -0.05) is 27.2 Å². The monoisotopic (exact) mass is 311 g/mol. The van der Waals surface area contributed by atoms with E-state index >= 15 is 0 Å². The van der Waals surface area contributed by atoms with E-state index in [1.807, 2.05) is 0 Å². The Kier molecular flexibility index (Phi) is 9.89. The normalized spacial score (nSPS) is 27.1. The van der Waals surface area contributed by atoms with Crippen molar-refractivity contribution in [3.63, 3.8) is 0 Å². The first kappa shape index (κ1) is 20.0. The number of aliphatic hydroxyl groups excluding tert-OH is 1. The lowest BCUT2D eigenvalue weighted by molar-refractivity contribution is 0.0266. The van der Waals surface area contributed by atoms with Gasteiger partial charge in [-0.05, 0) is 43.6 Å². The molecule has 6 nitrogen and oxygen atoms in total. The highest BCUT2D eigenvalue weighted by Gasteiger charge is 2.28. The van der Waals surface area contributed by atoms with E-state index in [2.05, 4.69) is 25.3 Å². The van der Waals surface area contributed by atoms with Crippen LogP contribution in [0, 0.1) is 17.8 Å². The van der Waals surface area contributed by atoms with Crippen molar-refractivity contribution in [2.45, 2.75) is 52.6 Å². The molecule has 0 amide bonds. The Balaban J connectivity index is 0.000000370. The van der Waals surface area contributed by atoms with Gasteiger partial charge in [0, 0.05) is 0 Å². The largest absolute Gasteiger partial charge is 0.469 e. The maximum absolute atomic E-state index is 9.94. The topological polar surface area (TPSA) is 113 Å². The molecular formula is C13H30NO5P. The van der Waals surface area contributed by atoms with Gasteiger partial charge in [0.05, 0.1) is 12.7 Å². The molecule has 0 saturated heterocycles. The van der Waals surface area contributed by atoms with Crippen LogP contribution in [0.1, 0.15) is 46.5 Å². The van der Waals surface area contributed by atoms with Crippen LogP contribution in [0.25, 0.3) is 0 Å². The van der Waals surface area contributed by atoms with Gasteiger partial charge in [-0.3, -0.25) is 4.52 Å². The lowest BCUT2D eigenvalue weighted by atomic mass is 9.75. The van der Waals surface area contributed by atoms with E-state index in [4.69, 9.17) is 15.5 Å². The summed E-state index contributed by atoms with van der Waals surface area (Å²) in [7, 11) is -4.25. The SMILES string of the molecule is CC1CCC(C(C)C)C(O)C1.NCCCOP(=O)(O)O. The highest BCUT2D eigenvalue weighted by atomic mass is 31.2. The second-order valence-corrected chi connectivity index (χ2v) is 7.10. The minimum Gasteiger partial charge on any atom is -0.393 e. The molecule has 7 heteroatoms. The quantitative estimate of drug-likeness (QED) is 0.455. The van der Waals surface area contributed by atoms with Crippen molar-refractivity contribution >= 4 is 7.82 Å². The summed E-state index contributed by atoms with van der Waals surface area (Å²) in [4.78, 5) is 16.2. The molecule has 0 aromatic carbocycles. The smallest absolute Gasteiger partial charge is 0.393 e. The number of phosphoric acid groups is 1. The first-order chi connectivity index (χ1) is 9.17. The minimum atomic E-state index is -4.25. The van der Waals surface area contributed by atoms with Gasteiger partial charge in [-0.15, -0.1) is 0 Å². The molecule has 0 bridgehead atoms. The molecule has 0 aliphatic heterocycles. The van der Waals surface area contributed by atoms with Crippen LogP contribution >= 0.6 is 7.82 Å². The third kappa shape index (κ3) is 9.86. The van der Waals surface area contributed by atoms with E-state index in [0.717, 1.165) is 12.3 Å². The number of phosphoric ester groups is 1. The van der Waals surface area contributed by atoms with E-state index in [-0.39, 0.29) is 12.7 Å². The van der Waals surface area contributed by atoms with Crippen molar-refractivity contribution in [2.24, 2.45) is 23.5 Å². The van der Waals surface area contributed by atoms with Gasteiger partial charge >= 0.3 is 7.82 Å². The molecule has 3 atom stereocenters. The molecular weight excluding hydrogens is 281 g/mol. The zero-order valence-electron chi connectivity index (χ0n) is 12.7. The molecule has 0 aromatic heterocycles. The van der Waals surface area contributed by atoms with Crippen LogP contribution in [0.5, 0.6) is 0 Å². The first-order valence-corrected chi connectivity index (χ1v) is 8.78. The summed E-state index contributed by atoms with van der Waals surface area (Å²) in [6.45, 7) is 7.05. The number of hydrogen-bond acceptors (Lipinski definition) is 4. The molecule has 0 spiro atoms. The van der Waals surface area contributed by atoms with Gasteiger partial charge in [-0.2, -0.15) is 0 Å². The molecule has 1 aliphatic carbocycles. The lowest BCUT2D eigenvalue weighted by Gasteiger charge is -2.33. The Labute approximate surface area is 122 Å². The number of nitrogens with two attached hydrogens (primary N) is 1.